The van der Waals surface area contributed by atoms with Crippen molar-refractivity contribution in [2.75, 3.05) is 11.9 Å². The minimum Gasteiger partial charge on any atom is -0.494 e. The van der Waals surface area contributed by atoms with Crippen molar-refractivity contribution in [1.29, 1.82) is 0 Å². The molecule has 136 valence electrons. The van der Waals surface area contributed by atoms with Gasteiger partial charge in [-0.25, -0.2) is 4.98 Å². The van der Waals surface area contributed by atoms with Crippen molar-refractivity contribution in [2.24, 2.45) is 0 Å². The second-order valence-electron chi connectivity index (χ2n) is 6.09. The molecule has 0 spiro atoms. The summed E-state index contributed by atoms with van der Waals surface area (Å²) in [6.45, 7) is 6.40. The van der Waals surface area contributed by atoms with Crippen LogP contribution in [0.1, 0.15) is 32.4 Å². The Morgan fingerprint density at radius 3 is 2.58 bits per heavy atom. The Morgan fingerprint density at radius 2 is 1.88 bits per heavy atom. The van der Waals surface area contributed by atoms with Crippen molar-refractivity contribution >= 4 is 32.6 Å². The van der Waals surface area contributed by atoms with Crippen LogP contribution in [0.5, 0.6) is 5.75 Å². The van der Waals surface area contributed by atoms with E-state index in [-0.39, 0.29) is 18.0 Å². The van der Waals surface area contributed by atoms with E-state index in [0.29, 0.717) is 6.61 Å². The van der Waals surface area contributed by atoms with Gasteiger partial charge in [0.05, 0.1) is 22.9 Å². The van der Waals surface area contributed by atoms with Crippen LogP contribution < -0.4 is 15.4 Å². The highest BCUT2D eigenvalue weighted by Crippen LogP contribution is 2.26. The monoisotopic (exact) mass is 369 g/mol. The first-order valence-corrected chi connectivity index (χ1v) is 9.53. The van der Waals surface area contributed by atoms with E-state index < -0.39 is 0 Å². The Balaban J connectivity index is 1.59. The predicted octanol–water partition coefficient (Wildman–Crippen LogP) is 4.37. The van der Waals surface area contributed by atoms with Gasteiger partial charge in [-0.2, -0.15) is 0 Å². The molecule has 2 aromatic carbocycles. The lowest BCUT2D eigenvalue weighted by Gasteiger charge is -2.18. The molecule has 6 heteroatoms. The SMILES string of the molecule is CCOc1ccc(C(C)NC(=O)C(C)Nc2nc3ccccc3s2)cc1. The lowest BCUT2D eigenvalue weighted by Crippen LogP contribution is -2.38. The summed E-state index contributed by atoms with van der Waals surface area (Å²) in [5.41, 5.74) is 1.98. The zero-order chi connectivity index (χ0) is 18.5. The molecule has 3 aromatic rings. The fourth-order valence-electron chi connectivity index (χ4n) is 2.63. The van der Waals surface area contributed by atoms with Crippen molar-refractivity contribution in [3.63, 3.8) is 0 Å². The van der Waals surface area contributed by atoms with Gasteiger partial charge in [-0.3, -0.25) is 4.79 Å². The Bertz CT molecular complexity index is 843. The number of benzene rings is 2. The van der Waals surface area contributed by atoms with Crippen molar-refractivity contribution in [3.8, 4) is 5.75 Å². The molecular formula is C20H23N3O2S. The zero-order valence-electron chi connectivity index (χ0n) is 15.2. The number of carbonyl (C=O) groups is 1. The average Bonchev–Trinajstić information content (AvgIpc) is 3.04. The maximum atomic E-state index is 12.5. The van der Waals surface area contributed by atoms with Gasteiger partial charge < -0.3 is 15.4 Å². The van der Waals surface area contributed by atoms with Gasteiger partial charge in [-0.1, -0.05) is 35.6 Å². The summed E-state index contributed by atoms with van der Waals surface area (Å²) < 4.78 is 6.55. The molecule has 1 aromatic heterocycles. The molecule has 2 N–H and O–H groups in total. The number of ether oxygens (including phenoxy) is 1. The summed E-state index contributed by atoms with van der Waals surface area (Å²) in [4.78, 5) is 17.0. The molecule has 0 bridgehead atoms. The molecule has 2 atom stereocenters. The molecule has 1 amide bonds. The number of rotatable bonds is 7. The van der Waals surface area contributed by atoms with E-state index in [1.807, 2.05) is 69.3 Å². The quantitative estimate of drug-likeness (QED) is 0.649. The number of thiazole rings is 1. The zero-order valence-corrected chi connectivity index (χ0v) is 16.0. The van der Waals surface area contributed by atoms with E-state index in [4.69, 9.17) is 4.74 Å². The van der Waals surface area contributed by atoms with E-state index in [1.54, 1.807) is 11.3 Å². The first-order chi connectivity index (χ1) is 12.6. The van der Waals surface area contributed by atoms with Crippen LogP contribution >= 0.6 is 11.3 Å². The van der Waals surface area contributed by atoms with Gasteiger partial charge in [0, 0.05) is 0 Å². The molecule has 0 aliphatic carbocycles. The Labute approximate surface area is 157 Å². The number of hydrogen-bond acceptors (Lipinski definition) is 5. The van der Waals surface area contributed by atoms with Gasteiger partial charge in [0.15, 0.2) is 5.13 Å². The molecule has 1 heterocycles. The van der Waals surface area contributed by atoms with Crippen LogP contribution in [0.2, 0.25) is 0 Å². The molecular weight excluding hydrogens is 346 g/mol. The number of para-hydroxylation sites is 1. The third-order valence-corrected chi connectivity index (χ3v) is 5.04. The molecule has 26 heavy (non-hydrogen) atoms. The van der Waals surface area contributed by atoms with E-state index in [2.05, 4.69) is 15.6 Å². The van der Waals surface area contributed by atoms with Crippen molar-refractivity contribution < 1.29 is 9.53 Å². The molecule has 0 fully saturated rings. The Kier molecular flexibility index (Phi) is 5.73. The second-order valence-corrected chi connectivity index (χ2v) is 7.12. The molecule has 0 aliphatic rings. The highest BCUT2D eigenvalue weighted by Gasteiger charge is 2.17. The molecule has 2 unspecified atom stereocenters. The van der Waals surface area contributed by atoms with Gasteiger partial charge in [0.25, 0.3) is 0 Å². The fourth-order valence-corrected chi connectivity index (χ4v) is 3.58. The molecule has 0 radical (unpaired) electrons. The predicted molar refractivity (Wildman–Crippen MR) is 107 cm³/mol. The van der Waals surface area contributed by atoms with E-state index >= 15 is 0 Å². The van der Waals surface area contributed by atoms with E-state index in [9.17, 15) is 4.79 Å². The van der Waals surface area contributed by atoms with Crippen LogP contribution in [0.4, 0.5) is 5.13 Å². The van der Waals surface area contributed by atoms with Crippen molar-refractivity contribution in [2.45, 2.75) is 32.9 Å². The second kappa shape index (κ2) is 8.19. The number of hydrogen-bond donors (Lipinski definition) is 2. The molecule has 0 saturated heterocycles. The largest absolute Gasteiger partial charge is 0.494 e. The first kappa shape index (κ1) is 18.2. The Morgan fingerprint density at radius 1 is 1.15 bits per heavy atom. The molecule has 3 rings (SSSR count). The van der Waals surface area contributed by atoms with Crippen molar-refractivity contribution in [3.05, 3.63) is 54.1 Å². The summed E-state index contributed by atoms with van der Waals surface area (Å²) in [6, 6.07) is 15.3. The maximum Gasteiger partial charge on any atom is 0.242 e. The third kappa shape index (κ3) is 4.32. The number of amides is 1. The number of nitrogens with one attached hydrogen (secondary N) is 2. The standard InChI is InChI=1S/C20H23N3O2S/c1-4-25-16-11-9-15(10-12-16)13(2)21-19(24)14(3)22-20-23-17-7-5-6-8-18(17)26-20/h5-14H,4H2,1-3H3,(H,21,24)(H,22,23). The van der Waals surface area contributed by atoms with Crippen LogP contribution in [-0.2, 0) is 4.79 Å². The van der Waals surface area contributed by atoms with Gasteiger partial charge >= 0.3 is 0 Å². The number of aromatic nitrogens is 1. The topological polar surface area (TPSA) is 63.2 Å². The summed E-state index contributed by atoms with van der Waals surface area (Å²) in [6.07, 6.45) is 0. The summed E-state index contributed by atoms with van der Waals surface area (Å²) >= 11 is 1.55. The summed E-state index contributed by atoms with van der Waals surface area (Å²) in [5, 5.41) is 6.98. The first-order valence-electron chi connectivity index (χ1n) is 8.72. The minimum absolute atomic E-state index is 0.0642. The number of anilines is 1. The van der Waals surface area contributed by atoms with Crippen LogP contribution in [0.3, 0.4) is 0 Å². The fraction of sp³-hybridized carbons (Fsp3) is 0.300. The van der Waals surface area contributed by atoms with E-state index in [0.717, 1.165) is 26.7 Å². The number of fused-ring (bicyclic) bond motifs is 1. The summed E-state index contributed by atoms with van der Waals surface area (Å²) in [5.74, 6) is 0.770. The average molecular weight is 369 g/mol. The molecule has 0 saturated carbocycles. The highest BCUT2D eigenvalue weighted by molar-refractivity contribution is 7.22. The smallest absolute Gasteiger partial charge is 0.242 e. The van der Waals surface area contributed by atoms with Gasteiger partial charge in [0.1, 0.15) is 11.8 Å². The normalized spacial score (nSPS) is 13.2. The van der Waals surface area contributed by atoms with E-state index in [1.165, 1.54) is 0 Å². The van der Waals surface area contributed by atoms with Gasteiger partial charge in [-0.05, 0) is 50.6 Å². The third-order valence-electron chi connectivity index (χ3n) is 4.08. The highest BCUT2D eigenvalue weighted by atomic mass is 32.1. The lowest BCUT2D eigenvalue weighted by atomic mass is 10.1. The van der Waals surface area contributed by atoms with Crippen LogP contribution in [0, 0.1) is 0 Å². The molecule has 0 aliphatic heterocycles. The van der Waals surface area contributed by atoms with Crippen LogP contribution in [0.25, 0.3) is 10.2 Å². The Hall–Kier alpha value is -2.60. The van der Waals surface area contributed by atoms with Gasteiger partial charge in [0.2, 0.25) is 5.91 Å². The maximum absolute atomic E-state index is 12.5. The molecule has 5 nitrogen and oxygen atoms in total. The van der Waals surface area contributed by atoms with Crippen LogP contribution in [-0.4, -0.2) is 23.5 Å². The van der Waals surface area contributed by atoms with Gasteiger partial charge in [-0.15, -0.1) is 0 Å². The lowest BCUT2D eigenvalue weighted by molar-refractivity contribution is -0.122. The van der Waals surface area contributed by atoms with Crippen molar-refractivity contribution in [1.82, 2.24) is 10.3 Å². The number of carbonyl (C=O) groups excluding carboxylic acids is 1. The summed E-state index contributed by atoms with van der Waals surface area (Å²) in [7, 11) is 0. The number of nitrogens with zero attached hydrogens (tertiary/aromatic N) is 1. The minimum atomic E-state index is -0.374. The van der Waals surface area contributed by atoms with Crippen LogP contribution in [0.15, 0.2) is 48.5 Å².